The summed E-state index contributed by atoms with van der Waals surface area (Å²) in [6, 6.07) is 10.1. The smallest absolute Gasteiger partial charge is 0.235 e. The number of guanidine groups is 1. The number of hydrogen-bond acceptors (Lipinski definition) is 2. The van der Waals surface area contributed by atoms with Crippen molar-refractivity contribution >= 4 is 19.3 Å². The van der Waals surface area contributed by atoms with Gasteiger partial charge in [0.15, 0.2) is 0 Å². The van der Waals surface area contributed by atoms with Crippen molar-refractivity contribution in [3.05, 3.63) is 35.9 Å². The molecule has 7 heteroatoms. The van der Waals surface area contributed by atoms with E-state index in [0.717, 1.165) is 23.9 Å². The van der Waals surface area contributed by atoms with E-state index in [1.807, 2.05) is 44.2 Å². The summed E-state index contributed by atoms with van der Waals surface area (Å²) in [5.74, 6) is 1.55. The molecule has 0 saturated heterocycles. The lowest BCUT2D eigenvalue weighted by Crippen LogP contribution is -2.46. The number of nitrogens with one attached hydrogen (secondary N) is 3. The minimum absolute atomic E-state index is 0.704. The summed E-state index contributed by atoms with van der Waals surface area (Å²) in [4.78, 5) is 4.46. The van der Waals surface area contributed by atoms with Crippen molar-refractivity contribution in [2.75, 3.05) is 19.6 Å². The highest BCUT2D eigenvalue weighted by atomic mass is 31.2. The maximum Gasteiger partial charge on any atom is 0.235 e. The Morgan fingerprint density at radius 2 is 1.90 bits per heavy atom. The molecule has 0 amide bonds. The molecule has 1 heterocycles. The standard InChI is InChI=1S/C14H23N6P/c1-4-15-14-18-13(12-10-8-7-9-11-12)19-21(20-14,16-5-2)17-6-3/h7-11,16H,4-6H2,1-3H3,(H2,15,18,19,20). The third-order valence-corrected chi connectivity index (χ3v) is 5.29. The molecule has 1 aliphatic heterocycles. The van der Waals surface area contributed by atoms with E-state index in [2.05, 4.69) is 27.4 Å². The highest BCUT2D eigenvalue weighted by Crippen LogP contribution is 2.43. The first-order valence-corrected chi connectivity index (χ1v) is 9.01. The van der Waals surface area contributed by atoms with Gasteiger partial charge < -0.3 is 5.32 Å². The Bertz CT molecular complexity index is 578. The second-order valence-electron chi connectivity index (χ2n) is 4.44. The number of benzene rings is 1. The van der Waals surface area contributed by atoms with Crippen molar-refractivity contribution in [3.8, 4) is 0 Å². The molecule has 6 nitrogen and oxygen atoms in total. The van der Waals surface area contributed by atoms with E-state index in [-0.39, 0.29) is 0 Å². The Kier molecular flexibility index (Phi) is 5.53. The number of rotatable bonds is 5. The van der Waals surface area contributed by atoms with Gasteiger partial charge in [0, 0.05) is 25.2 Å². The van der Waals surface area contributed by atoms with Crippen LogP contribution < -0.4 is 15.5 Å². The molecule has 0 fully saturated rings. The van der Waals surface area contributed by atoms with Crippen LogP contribution in [-0.4, -0.2) is 31.4 Å². The van der Waals surface area contributed by atoms with Gasteiger partial charge in [0.2, 0.25) is 13.5 Å². The fourth-order valence-corrected chi connectivity index (χ4v) is 4.22. The SMILES string of the molecule is CCN=C1NC(c2ccccc2)=NP(=NCC)(NCC)N1. The van der Waals surface area contributed by atoms with E-state index in [1.165, 1.54) is 0 Å². The van der Waals surface area contributed by atoms with Crippen LogP contribution in [0.3, 0.4) is 0 Å². The molecule has 0 saturated carbocycles. The van der Waals surface area contributed by atoms with E-state index in [0.29, 0.717) is 13.1 Å². The van der Waals surface area contributed by atoms with E-state index < -0.39 is 7.51 Å². The largest absolute Gasteiger partial charge is 0.310 e. The first-order chi connectivity index (χ1) is 10.2. The van der Waals surface area contributed by atoms with Crippen LogP contribution in [0.5, 0.6) is 0 Å². The third-order valence-electron chi connectivity index (χ3n) is 2.83. The van der Waals surface area contributed by atoms with Crippen molar-refractivity contribution < 1.29 is 0 Å². The van der Waals surface area contributed by atoms with E-state index in [4.69, 9.17) is 9.51 Å². The van der Waals surface area contributed by atoms with Crippen molar-refractivity contribution in [1.29, 1.82) is 0 Å². The van der Waals surface area contributed by atoms with Crippen molar-refractivity contribution in [2.24, 2.45) is 14.5 Å². The van der Waals surface area contributed by atoms with Gasteiger partial charge in [0.05, 0.1) is 0 Å². The summed E-state index contributed by atoms with van der Waals surface area (Å²) in [6.45, 7) is 8.31. The van der Waals surface area contributed by atoms with Crippen LogP contribution in [0.1, 0.15) is 26.3 Å². The zero-order valence-corrected chi connectivity index (χ0v) is 13.7. The summed E-state index contributed by atoms with van der Waals surface area (Å²) in [5.41, 5.74) is 1.04. The molecule has 1 aromatic carbocycles. The predicted molar refractivity (Wildman–Crippen MR) is 90.8 cm³/mol. The molecule has 114 valence electrons. The average molecular weight is 306 g/mol. The maximum absolute atomic E-state index is 4.84. The lowest BCUT2D eigenvalue weighted by Gasteiger charge is -2.30. The van der Waals surface area contributed by atoms with E-state index in [1.54, 1.807) is 0 Å². The van der Waals surface area contributed by atoms with Gasteiger partial charge in [-0.25, -0.2) is 5.09 Å². The second kappa shape index (κ2) is 7.38. The molecule has 0 aromatic heterocycles. The number of hydrogen-bond donors (Lipinski definition) is 3. The molecule has 1 unspecified atom stereocenters. The van der Waals surface area contributed by atoms with Gasteiger partial charge in [-0.3, -0.25) is 14.8 Å². The topological polar surface area (TPSA) is 73.2 Å². The van der Waals surface area contributed by atoms with Gasteiger partial charge in [-0.2, -0.15) is 4.76 Å². The Morgan fingerprint density at radius 1 is 1.14 bits per heavy atom. The van der Waals surface area contributed by atoms with E-state index in [9.17, 15) is 0 Å². The summed E-state index contributed by atoms with van der Waals surface area (Å²) in [6.07, 6.45) is 0. The maximum atomic E-state index is 4.84. The van der Waals surface area contributed by atoms with Gasteiger partial charge in [-0.05, 0) is 13.8 Å². The fraction of sp³-hybridized carbons (Fsp3) is 0.429. The highest BCUT2D eigenvalue weighted by molar-refractivity contribution is 7.62. The second-order valence-corrected chi connectivity index (χ2v) is 6.67. The van der Waals surface area contributed by atoms with Crippen LogP contribution in [-0.2, 0) is 0 Å². The van der Waals surface area contributed by atoms with Gasteiger partial charge in [0.1, 0.15) is 5.84 Å². The summed E-state index contributed by atoms with van der Waals surface area (Å²) < 4.78 is 9.54. The Hall–Kier alpha value is -1.65. The third kappa shape index (κ3) is 3.93. The molecular formula is C14H23N6P. The molecule has 0 radical (unpaired) electrons. The van der Waals surface area contributed by atoms with Crippen LogP contribution >= 0.6 is 7.51 Å². The van der Waals surface area contributed by atoms with Crippen LogP contribution in [0, 0.1) is 0 Å². The molecule has 21 heavy (non-hydrogen) atoms. The van der Waals surface area contributed by atoms with Gasteiger partial charge in [-0.15, -0.1) is 0 Å². The quantitative estimate of drug-likeness (QED) is 0.732. The lowest BCUT2D eigenvalue weighted by molar-refractivity contribution is 0.954. The average Bonchev–Trinajstić information content (AvgIpc) is 2.49. The summed E-state index contributed by atoms with van der Waals surface area (Å²) in [5, 5.41) is 10.0. The molecule has 1 aromatic rings. The lowest BCUT2D eigenvalue weighted by atomic mass is 10.2. The van der Waals surface area contributed by atoms with Crippen molar-refractivity contribution in [2.45, 2.75) is 20.8 Å². The van der Waals surface area contributed by atoms with Gasteiger partial charge >= 0.3 is 0 Å². The molecule has 3 N–H and O–H groups in total. The predicted octanol–water partition coefficient (Wildman–Crippen LogP) is 2.58. The minimum Gasteiger partial charge on any atom is -0.310 e. The zero-order chi connectivity index (χ0) is 15.1. The minimum atomic E-state index is -2.18. The summed E-state index contributed by atoms with van der Waals surface area (Å²) in [7, 11) is -2.18. The van der Waals surface area contributed by atoms with Crippen LogP contribution in [0.15, 0.2) is 44.8 Å². The molecular weight excluding hydrogens is 283 g/mol. The molecule has 0 aliphatic carbocycles. The number of amidine groups is 1. The molecule has 0 spiro atoms. The van der Waals surface area contributed by atoms with Crippen molar-refractivity contribution in [3.63, 3.8) is 0 Å². The Labute approximate surface area is 126 Å². The first kappa shape index (κ1) is 15.7. The zero-order valence-electron chi connectivity index (χ0n) is 12.8. The Balaban J connectivity index is 2.49. The fourth-order valence-electron chi connectivity index (χ4n) is 2.06. The molecule has 2 rings (SSSR count). The van der Waals surface area contributed by atoms with Crippen LogP contribution in [0.25, 0.3) is 0 Å². The van der Waals surface area contributed by atoms with Crippen molar-refractivity contribution in [1.82, 2.24) is 15.5 Å². The van der Waals surface area contributed by atoms with Crippen LogP contribution in [0.4, 0.5) is 0 Å². The highest BCUT2D eigenvalue weighted by Gasteiger charge is 2.26. The molecule has 0 bridgehead atoms. The molecule has 1 aliphatic rings. The first-order valence-electron chi connectivity index (χ1n) is 7.31. The van der Waals surface area contributed by atoms with Crippen LogP contribution in [0.2, 0.25) is 0 Å². The number of aliphatic imine (C=N–C) groups is 1. The Morgan fingerprint density at radius 3 is 2.52 bits per heavy atom. The monoisotopic (exact) mass is 306 g/mol. The van der Waals surface area contributed by atoms with Gasteiger partial charge in [-0.1, -0.05) is 37.3 Å². The molecule has 1 atom stereocenters. The summed E-state index contributed by atoms with van der Waals surface area (Å²) >= 11 is 0. The van der Waals surface area contributed by atoms with Gasteiger partial charge in [0.25, 0.3) is 0 Å². The normalized spacial score (nSPS) is 23.2. The van der Waals surface area contributed by atoms with E-state index >= 15 is 0 Å². The number of nitrogens with zero attached hydrogens (tertiary/aromatic N) is 3.